The average Bonchev–Trinajstić information content (AvgIpc) is 2.85. The predicted molar refractivity (Wildman–Crippen MR) is 82.3 cm³/mol. The molecule has 22 heavy (non-hydrogen) atoms. The fourth-order valence-electron chi connectivity index (χ4n) is 3.66. The van der Waals surface area contributed by atoms with E-state index in [-0.39, 0.29) is 18.1 Å². The van der Waals surface area contributed by atoms with E-state index in [2.05, 4.69) is 40.1 Å². The van der Waals surface area contributed by atoms with Crippen molar-refractivity contribution in [3.8, 4) is 24.5 Å². The third-order valence-corrected chi connectivity index (χ3v) is 4.76. The van der Waals surface area contributed by atoms with Gasteiger partial charge in [0, 0.05) is 24.5 Å². The van der Waals surface area contributed by atoms with Crippen molar-refractivity contribution in [3.63, 3.8) is 0 Å². The molecule has 0 radical (unpaired) electrons. The summed E-state index contributed by atoms with van der Waals surface area (Å²) in [6.45, 7) is 2.02. The molecular weight excluding hydrogens is 272 g/mol. The molecule has 1 aromatic rings. The van der Waals surface area contributed by atoms with Crippen LogP contribution < -0.4 is 0 Å². The molecule has 0 saturated carbocycles. The van der Waals surface area contributed by atoms with Crippen LogP contribution in [0.3, 0.4) is 0 Å². The molecule has 0 N–H and O–H groups in total. The van der Waals surface area contributed by atoms with E-state index < -0.39 is 5.41 Å². The molecule has 4 atom stereocenters. The van der Waals surface area contributed by atoms with E-state index in [4.69, 9.17) is 11.7 Å². The molecule has 1 saturated heterocycles. The number of piperidine rings is 1. The third kappa shape index (κ3) is 2.08. The maximum atomic E-state index is 9.86. The molecular formula is C18H16N4. The Morgan fingerprint density at radius 1 is 1.32 bits per heavy atom. The second-order valence-electron chi connectivity index (χ2n) is 5.99. The third-order valence-electron chi connectivity index (χ3n) is 4.76. The zero-order chi connectivity index (χ0) is 15.7. The quantitative estimate of drug-likeness (QED) is 0.618. The SMILES string of the molecule is C#CC(C)N1[C@@H]2C=C[C@H]1C[C@@](C#N)(c1cncc(C#N)c1)C2. The summed E-state index contributed by atoms with van der Waals surface area (Å²) in [6, 6.07) is 6.75. The number of fused-ring (bicyclic) bond motifs is 2. The maximum Gasteiger partial charge on any atom is 0.101 e. The van der Waals surface area contributed by atoms with Gasteiger partial charge in [-0.3, -0.25) is 9.88 Å². The highest BCUT2D eigenvalue weighted by Gasteiger charge is 2.48. The van der Waals surface area contributed by atoms with Gasteiger partial charge in [-0.25, -0.2) is 0 Å². The first-order valence-corrected chi connectivity index (χ1v) is 7.32. The van der Waals surface area contributed by atoms with Crippen molar-refractivity contribution in [2.24, 2.45) is 0 Å². The number of hydrogen-bond acceptors (Lipinski definition) is 4. The van der Waals surface area contributed by atoms with E-state index >= 15 is 0 Å². The van der Waals surface area contributed by atoms with Crippen molar-refractivity contribution in [2.75, 3.05) is 0 Å². The zero-order valence-corrected chi connectivity index (χ0v) is 12.4. The van der Waals surface area contributed by atoms with Crippen LogP contribution in [-0.2, 0) is 5.41 Å². The lowest BCUT2D eigenvalue weighted by molar-refractivity contribution is 0.102. The summed E-state index contributed by atoms with van der Waals surface area (Å²) in [5, 5.41) is 18.9. The lowest BCUT2D eigenvalue weighted by atomic mass is 9.70. The zero-order valence-electron chi connectivity index (χ0n) is 12.4. The van der Waals surface area contributed by atoms with E-state index in [1.807, 2.05) is 6.92 Å². The van der Waals surface area contributed by atoms with Crippen molar-refractivity contribution in [1.29, 1.82) is 10.5 Å². The van der Waals surface area contributed by atoms with Gasteiger partial charge in [0.15, 0.2) is 0 Å². The van der Waals surface area contributed by atoms with Gasteiger partial charge in [0.05, 0.1) is 23.1 Å². The first kappa shape index (κ1) is 14.3. The van der Waals surface area contributed by atoms with Crippen LogP contribution in [0.5, 0.6) is 0 Å². The summed E-state index contributed by atoms with van der Waals surface area (Å²) in [6.07, 6.45) is 14.5. The molecule has 0 aliphatic carbocycles. The minimum Gasteiger partial charge on any atom is -0.277 e. The minimum absolute atomic E-state index is 0.0465. The summed E-state index contributed by atoms with van der Waals surface area (Å²) in [5.74, 6) is 2.79. The normalized spacial score (nSPS) is 31.0. The topological polar surface area (TPSA) is 63.7 Å². The molecule has 2 bridgehead atoms. The second kappa shape index (κ2) is 5.30. The number of aromatic nitrogens is 1. The van der Waals surface area contributed by atoms with Crippen molar-refractivity contribution >= 4 is 0 Å². The van der Waals surface area contributed by atoms with Crippen LogP contribution in [0, 0.1) is 35.0 Å². The van der Waals surface area contributed by atoms with Gasteiger partial charge in [0.25, 0.3) is 0 Å². The summed E-state index contributed by atoms with van der Waals surface area (Å²) < 4.78 is 0. The van der Waals surface area contributed by atoms with Crippen LogP contribution in [0.2, 0.25) is 0 Å². The Balaban J connectivity index is 1.97. The number of pyridine rings is 1. The highest BCUT2D eigenvalue weighted by Crippen LogP contribution is 2.44. The van der Waals surface area contributed by atoms with E-state index in [0.717, 1.165) is 5.56 Å². The lowest BCUT2D eigenvalue weighted by Crippen LogP contribution is -2.52. The molecule has 2 aliphatic rings. The van der Waals surface area contributed by atoms with Gasteiger partial charge in [-0.1, -0.05) is 18.1 Å². The monoisotopic (exact) mass is 288 g/mol. The molecule has 2 aliphatic heterocycles. The van der Waals surface area contributed by atoms with Crippen LogP contribution in [0.4, 0.5) is 0 Å². The Labute approximate surface area is 130 Å². The summed E-state index contributed by atoms with van der Waals surface area (Å²) in [7, 11) is 0. The van der Waals surface area contributed by atoms with E-state index in [1.165, 1.54) is 6.20 Å². The summed E-state index contributed by atoms with van der Waals surface area (Å²) in [5.41, 5.74) is 0.719. The number of rotatable bonds is 2. The Morgan fingerprint density at radius 2 is 2.00 bits per heavy atom. The van der Waals surface area contributed by atoms with E-state index in [9.17, 15) is 5.26 Å². The van der Waals surface area contributed by atoms with E-state index in [0.29, 0.717) is 18.4 Å². The van der Waals surface area contributed by atoms with Crippen LogP contribution >= 0.6 is 0 Å². The largest absolute Gasteiger partial charge is 0.277 e. The lowest BCUT2D eigenvalue weighted by Gasteiger charge is -2.44. The fraction of sp³-hybridized carbons (Fsp3) is 0.389. The Kier molecular flexibility index (Phi) is 3.45. The number of terminal acetylenes is 1. The number of nitrogens with zero attached hydrogens (tertiary/aromatic N) is 4. The molecule has 4 heteroatoms. The molecule has 0 amide bonds. The second-order valence-corrected chi connectivity index (χ2v) is 5.99. The van der Waals surface area contributed by atoms with Crippen LogP contribution in [-0.4, -0.2) is 28.0 Å². The van der Waals surface area contributed by atoms with Gasteiger partial charge >= 0.3 is 0 Å². The van der Waals surface area contributed by atoms with Gasteiger partial charge < -0.3 is 0 Å². The summed E-state index contributed by atoms with van der Waals surface area (Å²) in [4.78, 5) is 6.41. The van der Waals surface area contributed by atoms with Crippen molar-refractivity contribution in [2.45, 2.75) is 43.3 Å². The molecule has 0 spiro atoms. The minimum atomic E-state index is -0.608. The molecule has 0 aromatic carbocycles. The van der Waals surface area contributed by atoms with Gasteiger partial charge in [0.1, 0.15) is 6.07 Å². The van der Waals surface area contributed by atoms with Crippen molar-refractivity contribution in [1.82, 2.24) is 9.88 Å². The Hall–Kier alpha value is -2.61. The maximum absolute atomic E-state index is 9.86. The number of nitriles is 2. The summed E-state index contributed by atoms with van der Waals surface area (Å²) >= 11 is 0. The number of hydrogen-bond donors (Lipinski definition) is 0. The van der Waals surface area contributed by atoms with Crippen LogP contribution in [0.15, 0.2) is 30.6 Å². The average molecular weight is 288 g/mol. The van der Waals surface area contributed by atoms with Gasteiger partial charge in [-0.15, -0.1) is 6.42 Å². The highest BCUT2D eigenvalue weighted by atomic mass is 15.2. The molecule has 1 fully saturated rings. The van der Waals surface area contributed by atoms with E-state index in [1.54, 1.807) is 12.3 Å². The van der Waals surface area contributed by atoms with Crippen molar-refractivity contribution in [3.05, 3.63) is 41.7 Å². The van der Waals surface area contributed by atoms with Gasteiger partial charge in [-0.05, 0) is 31.4 Å². The van der Waals surface area contributed by atoms with Crippen LogP contribution in [0.1, 0.15) is 30.9 Å². The fourth-order valence-corrected chi connectivity index (χ4v) is 3.66. The first-order chi connectivity index (χ1) is 10.6. The molecule has 3 rings (SSSR count). The standard InChI is InChI=1S/C18H16N4/c1-3-13(2)22-16-4-5-17(22)8-18(7-16,12-20)15-6-14(9-19)10-21-11-15/h1,4-6,10-11,13,16-17H,7-8H2,2H3/t13?,16-,17+,18+. The predicted octanol–water partition coefficient (Wildman–Crippen LogP) is 2.14. The van der Waals surface area contributed by atoms with Crippen LogP contribution in [0.25, 0.3) is 0 Å². The van der Waals surface area contributed by atoms with Gasteiger partial charge in [0.2, 0.25) is 0 Å². The highest BCUT2D eigenvalue weighted by molar-refractivity contribution is 5.40. The molecule has 108 valence electrons. The molecule has 1 aromatic heterocycles. The first-order valence-electron chi connectivity index (χ1n) is 7.32. The Bertz CT molecular complexity index is 728. The molecule has 3 heterocycles. The smallest absolute Gasteiger partial charge is 0.101 e. The Morgan fingerprint density at radius 3 is 2.55 bits per heavy atom. The van der Waals surface area contributed by atoms with Gasteiger partial charge in [-0.2, -0.15) is 10.5 Å². The molecule has 1 unspecified atom stereocenters. The van der Waals surface area contributed by atoms with Crippen molar-refractivity contribution < 1.29 is 0 Å². The molecule has 4 nitrogen and oxygen atoms in total.